The molecule has 0 unspecified atom stereocenters. The van der Waals surface area contributed by atoms with Gasteiger partial charge in [-0.15, -0.1) is 0 Å². The number of benzene rings is 1. The predicted molar refractivity (Wildman–Crippen MR) is 63.5 cm³/mol. The van der Waals surface area contributed by atoms with Crippen molar-refractivity contribution in [3.05, 3.63) is 35.4 Å². The van der Waals surface area contributed by atoms with Crippen LogP contribution in [0.15, 0.2) is 24.3 Å². The minimum Gasteiger partial charge on any atom is -0.365 e. The molecule has 1 amide bonds. The summed E-state index contributed by atoms with van der Waals surface area (Å²) in [6.45, 7) is 2.75. The fourth-order valence-electron chi connectivity index (χ4n) is 1.95. The zero-order valence-electron chi connectivity index (χ0n) is 9.89. The van der Waals surface area contributed by atoms with Crippen molar-refractivity contribution in [2.45, 2.75) is 25.6 Å². The molecule has 0 atom stereocenters. The molecule has 2 N–H and O–H groups in total. The van der Waals surface area contributed by atoms with Crippen molar-refractivity contribution in [3.8, 4) is 0 Å². The maximum atomic E-state index is 12.1. The minimum atomic E-state index is -1.61. The van der Waals surface area contributed by atoms with Crippen LogP contribution in [0.25, 0.3) is 0 Å². The highest BCUT2D eigenvalue weighted by molar-refractivity contribution is 5.94. The van der Waals surface area contributed by atoms with Crippen LogP contribution in [0.3, 0.4) is 0 Å². The Balaban J connectivity index is 2.04. The van der Waals surface area contributed by atoms with Gasteiger partial charge in [0.25, 0.3) is 5.91 Å². The zero-order valence-corrected chi connectivity index (χ0v) is 9.89. The molecule has 0 radical (unpaired) electrons. The number of aliphatic hydroxyl groups is 2. The highest BCUT2D eigenvalue weighted by Gasteiger charge is 2.31. The van der Waals surface area contributed by atoms with E-state index in [9.17, 15) is 15.0 Å². The third kappa shape index (κ3) is 2.84. The smallest absolute Gasteiger partial charge is 0.253 e. The predicted octanol–water partition coefficient (Wildman–Crippen LogP) is 0.912. The fourth-order valence-corrected chi connectivity index (χ4v) is 1.95. The van der Waals surface area contributed by atoms with Gasteiger partial charge in [-0.25, -0.2) is 0 Å². The fraction of sp³-hybridized carbons (Fsp3) is 0.462. The molecule has 4 heteroatoms. The summed E-state index contributed by atoms with van der Waals surface area (Å²) in [6.07, 6.45) is 0.426. The van der Waals surface area contributed by atoms with E-state index >= 15 is 0 Å². The van der Waals surface area contributed by atoms with Gasteiger partial charge in [-0.3, -0.25) is 4.79 Å². The zero-order chi connectivity index (χ0) is 12.5. The second-order valence-electron chi connectivity index (χ2n) is 4.64. The number of carbonyl (C=O) groups is 1. The van der Waals surface area contributed by atoms with E-state index in [0.717, 1.165) is 5.56 Å². The largest absolute Gasteiger partial charge is 0.365 e. The number of amides is 1. The van der Waals surface area contributed by atoms with E-state index in [-0.39, 0.29) is 18.7 Å². The van der Waals surface area contributed by atoms with Crippen LogP contribution in [-0.2, 0) is 0 Å². The lowest BCUT2D eigenvalue weighted by Gasteiger charge is -2.34. The van der Waals surface area contributed by atoms with E-state index in [2.05, 4.69) is 0 Å². The summed E-state index contributed by atoms with van der Waals surface area (Å²) in [5.74, 6) is -1.65. The Bertz CT molecular complexity index is 401. The molecule has 0 spiro atoms. The van der Waals surface area contributed by atoms with E-state index in [1.54, 1.807) is 17.0 Å². The van der Waals surface area contributed by atoms with Gasteiger partial charge in [0.15, 0.2) is 5.79 Å². The summed E-state index contributed by atoms with van der Waals surface area (Å²) in [5.41, 5.74) is 1.77. The van der Waals surface area contributed by atoms with Crippen molar-refractivity contribution < 1.29 is 15.0 Å². The first-order valence-electron chi connectivity index (χ1n) is 5.79. The number of hydrogen-bond acceptors (Lipinski definition) is 3. The first kappa shape index (κ1) is 12.1. The van der Waals surface area contributed by atoms with Gasteiger partial charge < -0.3 is 15.1 Å². The highest BCUT2D eigenvalue weighted by atomic mass is 16.5. The molecule has 1 aliphatic heterocycles. The number of carbonyl (C=O) groups excluding carboxylic acids is 1. The Morgan fingerprint density at radius 2 is 1.71 bits per heavy atom. The summed E-state index contributed by atoms with van der Waals surface area (Å²) in [7, 11) is 0. The van der Waals surface area contributed by atoms with E-state index in [1.165, 1.54) is 0 Å². The molecule has 0 saturated carbocycles. The maximum absolute atomic E-state index is 12.1. The van der Waals surface area contributed by atoms with Crippen molar-refractivity contribution in [2.24, 2.45) is 0 Å². The van der Waals surface area contributed by atoms with Crippen molar-refractivity contribution in [1.82, 2.24) is 4.90 Å². The lowest BCUT2D eigenvalue weighted by Crippen LogP contribution is -2.46. The maximum Gasteiger partial charge on any atom is 0.253 e. The third-order valence-corrected chi connectivity index (χ3v) is 3.15. The van der Waals surface area contributed by atoms with Crippen molar-refractivity contribution in [3.63, 3.8) is 0 Å². The van der Waals surface area contributed by atoms with Gasteiger partial charge in [0.1, 0.15) is 0 Å². The molecule has 1 aromatic rings. The molecular formula is C13H17NO3. The van der Waals surface area contributed by atoms with Gasteiger partial charge in [0, 0.05) is 31.5 Å². The number of aryl methyl sites for hydroxylation is 1. The SMILES string of the molecule is Cc1ccc(C(=O)N2CCC(O)(O)CC2)cc1. The van der Waals surface area contributed by atoms with E-state index < -0.39 is 5.79 Å². The van der Waals surface area contributed by atoms with Crippen LogP contribution < -0.4 is 0 Å². The molecule has 1 aromatic carbocycles. The molecule has 0 aromatic heterocycles. The monoisotopic (exact) mass is 235 g/mol. The Hall–Kier alpha value is -1.39. The average Bonchev–Trinajstić information content (AvgIpc) is 2.29. The van der Waals surface area contributed by atoms with Gasteiger partial charge in [-0.2, -0.15) is 0 Å². The molecule has 1 aliphatic rings. The topological polar surface area (TPSA) is 60.8 Å². The van der Waals surface area contributed by atoms with E-state index in [0.29, 0.717) is 18.7 Å². The summed E-state index contributed by atoms with van der Waals surface area (Å²) in [6, 6.07) is 7.41. The standard InChI is InChI=1S/C13H17NO3/c1-10-2-4-11(5-3-10)12(15)14-8-6-13(16,17)7-9-14/h2-5,16-17H,6-9H2,1H3. The average molecular weight is 235 g/mol. The lowest BCUT2D eigenvalue weighted by molar-refractivity contribution is -0.185. The van der Waals surface area contributed by atoms with Crippen LogP contribution in [0.2, 0.25) is 0 Å². The number of likely N-dealkylation sites (tertiary alicyclic amines) is 1. The van der Waals surface area contributed by atoms with Crippen LogP contribution in [0, 0.1) is 6.92 Å². The first-order chi connectivity index (χ1) is 7.98. The molecular weight excluding hydrogens is 218 g/mol. The number of nitrogens with zero attached hydrogens (tertiary/aromatic N) is 1. The van der Waals surface area contributed by atoms with Crippen LogP contribution in [0.4, 0.5) is 0 Å². The van der Waals surface area contributed by atoms with Crippen LogP contribution in [0.5, 0.6) is 0 Å². The third-order valence-electron chi connectivity index (χ3n) is 3.15. The van der Waals surface area contributed by atoms with E-state index in [1.807, 2.05) is 19.1 Å². The summed E-state index contributed by atoms with van der Waals surface area (Å²) in [5, 5.41) is 18.8. The van der Waals surface area contributed by atoms with Crippen molar-refractivity contribution >= 4 is 5.91 Å². The summed E-state index contributed by atoms with van der Waals surface area (Å²) < 4.78 is 0. The number of hydrogen-bond donors (Lipinski definition) is 2. The molecule has 2 rings (SSSR count). The Labute approximate surface area is 100 Å². The van der Waals surface area contributed by atoms with Gasteiger partial charge >= 0.3 is 0 Å². The molecule has 0 bridgehead atoms. The molecule has 17 heavy (non-hydrogen) atoms. The molecule has 1 saturated heterocycles. The van der Waals surface area contributed by atoms with Crippen LogP contribution in [0.1, 0.15) is 28.8 Å². The quantitative estimate of drug-likeness (QED) is 0.711. The molecule has 1 heterocycles. The first-order valence-corrected chi connectivity index (χ1v) is 5.79. The van der Waals surface area contributed by atoms with Crippen LogP contribution >= 0.6 is 0 Å². The Morgan fingerprint density at radius 3 is 2.24 bits per heavy atom. The lowest BCUT2D eigenvalue weighted by atomic mass is 10.0. The van der Waals surface area contributed by atoms with Gasteiger partial charge in [-0.05, 0) is 19.1 Å². The normalized spacial score (nSPS) is 19.1. The molecule has 4 nitrogen and oxygen atoms in total. The number of rotatable bonds is 1. The molecule has 0 aliphatic carbocycles. The second-order valence-corrected chi connectivity index (χ2v) is 4.64. The van der Waals surface area contributed by atoms with Gasteiger partial charge in [-0.1, -0.05) is 17.7 Å². The Kier molecular flexibility index (Phi) is 3.17. The minimum absolute atomic E-state index is 0.0412. The molecule has 1 fully saturated rings. The van der Waals surface area contributed by atoms with Crippen molar-refractivity contribution in [1.29, 1.82) is 0 Å². The van der Waals surface area contributed by atoms with Crippen molar-refractivity contribution in [2.75, 3.05) is 13.1 Å². The number of piperidine rings is 1. The van der Waals surface area contributed by atoms with E-state index in [4.69, 9.17) is 0 Å². The van der Waals surface area contributed by atoms with Gasteiger partial charge in [0.05, 0.1) is 0 Å². The van der Waals surface area contributed by atoms with Crippen LogP contribution in [-0.4, -0.2) is 39.9 Å². The Morgan fingerprint density at radius 1 is 1.18 bits per heavy atom. The highest BCUT2D eigenvalue weighted by Crippen LogP contribution is 2.20. The molecule has 92 valence electrons. The van der Waals surface area contributed by atoms with Gasteiger partial charge in [0.2, 0.25) is 0 Å². The second kappa shape index (κ2) is 4.47. The summed E-state index contributed by atoms with van der Waals surface area (Å²) in [4.78, 5) is 13.7. The summed E-state index contributed by atoms with van der Waals surface area (Å²) >= 11 is 0.